The molecule has 0 unspecified atom stereocenters. The summed E-state index contributed by atoms with van der Waals surface area (Å²) in [7, 11) is 0. The molecule has 0 bridgehead atoms. The molecule has 0 aliphatic carbocycles. The molecule has 2 N–H and O–H groups in total. The van der Waals surface area contributed by atoms with E-state index in [-0.39, 0.29) is 6.61 Å². The summed E-state index contributed by atoms with van der Waals surface area (Å²) in [5, 5.41) is 17.0. The van der Waals surface area contributed by atoms with Gasteiger partial charge in [-0.3, -0.25) is 0 Å². The van der Waals surface area contributed by atoms with Crippen LogP contribution >= 0.6 is 0 Å². The van der Waals surface area contributed by atoms with Gasteiger partial charge in [0.25, 0.3) is 0 Å². The van der Waals surface area contributed by atoms with Crippen molar-refractivity contribution in [3.05, 3.63) is 72.1 Å². The monoisotopic (exact) mass is 345 g/mol. The molecule has 2 aromatic heterocycles. The van der Waals surface area contributed by atoms with Crippen molar-refractivity contribution in [1.82, 2.24) is 19.6 Å². The summed E-state index contributed by atoms with van der Waals surface area (Å²) < 4.78 is 1.82. The zero-order valence-electron chi connectivity index (χ0n) is 14.4. The molecule has 0 saturated carbocycles. The van der Waals surface area contributed by atoms with Crippen LogP contribution in [0, 0.1) is 6.92 Å². The third-order valence-electron chi connectivity index (χ3n) is 4.19. The van der Waals surface area contributed by atoms with Crippen LogP contribution < -0.4 is 5.32 Å². The van der Waals surface area contributed by atoms with Gasteiger partial charge in [0, 0.05) is 17.9 Å². The molecule has 0 saturated heterocycles. The van der Waals surface area contributed by atoms with Gasteiger partial charge in [0.2, 0.25) is 5.95 Å². The highest BCUT2D eigenvalue weighted by molar-refractivity contribution is 5.64. The van der Waals surface area contributed by atoms with E-state index in [1.165, 1.54) is 0 Å². The maximum atomic E-state index is 9.10. The number of aryl methyl sites for hydroxylation is 1. The zero-order chi connectivity index (χ0) is 17.9. The lowest BCUT2D eigenvalue weighted by molar-refractivity contribution is 0.299. The quantitative estimate of drug-likeness (QED) is 0.580. The number of benzene rings is 2. The molecule has 2 heterocycles. The molecule has 4 aromatic rings. The molecule has 6 nitrogen and oxygen atoms in total. The van der Waals surface area contributed by atoms with Crippen molar-refractivity contribution in [2.45, 2.75) is 13.3 Å². The van der Waals surface area contributed by atoms with Gasteiger partial charge in [0.1, 0.15) is 5.52 Å². The summed E-state index contributed by atoms with van der Waals surface area (Å²) >= 11 is 0. The number of hydrogen-bond acceptors (Lipinski definition) is 5. The number of aromatic nitrogens is 4. The number of aliphatic hydroxyl groups excluding tert-OH is 1. The number of hydrogen-bond donors (Lipinski definition) is 2. The van der Waals surface area contributed by atoms with Crippen LogP contribution in [0.1, 0.15) is 11.3 Å². The highest BCUT2D eigenvalue weighted by Crippen LogP contribution is 2.22. The molecule has 0 spiro atoms. The highest BCUT2D eigenvalue weighted by Gasteiger charge is 2.12. The first-order valence-corrected chi connectivity index (χ1v) is 8.49. The van der Waals surface area contributed by atoms with Crippen molar-refractivity contribution in [1.29, 1.82) is 0 Å². The van der Waals surface area contributed by atoms with E-state index in [2.05, 4.69) is 20.4 Å². The first-order chi connectivity index (χ1) is 12.7. The normalized spacial score (nSPS) is 11.0. The van der Waals surface area contributed by atoms with Crippen molar-refractivity contribution in [3.8, 4) is 11.4 Å². The van der Waals surface area contributed by atoms with E-state index in [0.29, 0.717) is 12.4 Å². The molecule has 0 aliphatic rings. The van der Waals surface area contributed by atoms with Gasteiger partial charge in [-0.1, -0.05) is 42.5 Å². The van der Waals surface area contributed by atoms with Crippen LogP contribution in [-0.2, 0) is 6.42 Å². The van der Waals surface area contributed by atoms with Crippen LogP contribution in [0.15, 0.2) is 60.8 Å². The number of nitrogens with one attached hydrogen (secondary N) is 1. The fourth-order valence-corrected chi connectivity index (χ4v) is 2.92. The zero-order valence-corrected chi connectivity index (χ0v) is 14.4. The number of aliphatic hydroxyl groups is 1. The maximum Gasteiger partial charge on any atom is 0.245 e. The molecule has 0 radical (unpaired) electrons. The summed E-state index contributed by atoms with van der Waals surface area (Å²) in [6, 6.07) is 17.8. The van der Waals surface area contributed by atoms with Crippen molar-refractivity contribution in [2.24, 2.45) is 0 Å². The van der Waals surface area contributed by atoms with Gasteiger partial charge in [-0.2, -0.15) is 0 Å². The lowest BCUT2D eigenvalue weighted by atomic mass is 10.1. The topological polar surface area (TPSA) is 75.3 Å². The van der Waals surface area contributed by atoms with Crippen LogP contribution in [-0.4, -0.2) is 31.3 Å². The van der Waals surface area contributed by atoms with Crippen LogP contribution in [0.4, 0.5) is 11.6 Å². The van der Waals surface area contributed by atoms with Gasteiger partial charge in [0.15, 0.2) is 5.82 Å². The Morgan fingerprint density at radius 2 is 1.92 bits per heavy atom. The van der Waals surface area contributed by atoms with Gasteiger partial charge in [-0.05, 0) is 31.0 Å². The van der Waals surface area contributed by atoms with E-state index in [1.54, 1.807) is 6.20 Å². The van der Waals surface area contributed by atoms with Gasteiger partial charge in [-0.25, -0.2) is 14.5 Å². The summed E-state index contributed by atoms with van der Waals surface area (Å²) in [6.07, 6.45) is 2.40. The standard InChI is InChI=1S/C20H19N5O/c1-14-18-13-21-20(23-17-9-5-6-15(12-17)10-11-26)24-25(18)19(22-14)16-7-3-2-4-8-16/h2-9,12-13,26H,10-11H2,1H3,(H,23,24). The Kier molecular flexibility index (Phi) is 4.33. The second-order valence-electron chi connectivity index (χ2n) is 6.06. The van der Waals surface area contributed by atoms with Crippen LogP contribution in [0.3, 0.4) is 0 Å². The molecular formula is C20H19N5O. The Bertz CT molecular complexity index is 1040. The van der Waals surface area contributed by atoms with Gasteiger partial charge in [-0.15, -0.1) is 5.10 Å². The molecule has 2 aromatic carbocycles. The van der Waals surface area contributed by atoms with E-state index in [0.717, 1.165) is 33.8 Å². The lowest BCUT2D eigenvalue weighted by Crippen LogP contribution is -2.03. The number of anilines is 2. The second-order valence-corrected chi connectivity index (χ2v) is 6.06. The van der Waals surface area contributed by atoms with Crippen molar-refractivity contribution >= 4 is 17.2 Å². The van der Waals surface area contributed by atoms with Gasteiger partial charge >= 0.3 is 0 Å². The van der Waals surface area contributed by atoms with Crippen LogP contribution in [0.25, 0.3) is 16.9 Å². The maximum absolute atomic E-state index is 9.10. The number of nitrogens with zero attached hydrogens (tertiary/aromatic N) is 4. The predicted molar refractivity (Wildman–Crippen MR) is 101 cm³/mol. The predicted octanol–water partition coefficient (Wildman–Crippen LogP) is 3.38. The van der Waals surface area contributed by atoms with E-state index in [1.807, 2.05) is 66.0 Å². The second kappa shape index (κ2) is 6.93. The van der Waals surface area contributed by atoms with Crippen LogP contribution in [0.2, 0.25) is 0 Å². The summed E-state index contributed by atoms with van der Waals surface area (Å²) in [5.74, 6) is 1.28. The molecule has 0 amide bonds. The number of rotatable bonds is 5. The Labute approximate surface area is 151 Å². The minimum atomic E-state index is 0.126. The third kappa shape index (κ3) is 3.14. The molecule has 4 rings (SSSR count). The summed E-state index contributed by atoms with van der Waals surface area (Å²) in [6.45, 7) is 2.08. The molecular weight excluding hydrogens is 326 g/mol. The summed E-state index contributed by atoms with van der Waals surface area (Å²) in [5.41, 5.74) is 4.71. The average Bonchev–Trinajstić information content (AvgIpc) is 2.99. The number of imidazole rings is 1. The molecule has 0 atom stereocenters. The van der Waals surface area contributed by atoms with E-state index in [9.17, 15) is 0 Å². The van der Waals surface area contributed by atoms with E-state index < -0.39 is 0 Å². The Morgan fingerprint density at radius 3 is 2.73 bits per heavy atom. The fourth-order valence-electron chi connectivity index (χ4n) is 2.92. The third-order valence-corrected chi connectivity index (χ3v) is 4.19. The SMILES string of the molecule is Cc1nc(-c2ccccc2)n2nc(Nc3cccc(CCO)c3)ncc12. The molecule has 26 heavy (non-hydrogen) atoms. The molecule has 0 aliphatic heterocycles. The summed E-state index contributed by atoms with van der Waals surface area (Å²) in [4.78, 5) is 9.06. The van der Waals surface area contributed by atoms with Gasteiger partial charge in [0.05, 0.1) is 11.9 Å². The molecule has 0 fully saturated rings. The van der Waals surface area contributed by atoms with Crippen molar-refractivity contribution in [2.75, 3.05) is 11.9 Å². The minimum absolute atomic E-state index is 0.126. The largest absolute Gasteiger partial charge is 0.396 e. The van der Waals surface area contributed by atoms with Crippen molar-refractivity contribution in [3.63, 3.8) is 0 Å². The Balaban J connectivity index is 1.72. The minimum Gasteiger partial charge on any atom is -0.396 e. The van der Waals surface area contributed by atoms with E-state index >= 15 is 0 Å². The molecule has 130 valence electrons. The lowest BCUT2D eigenvalue weighted by Gasteiger charge is -2.07. The molecule has 6 heteroatoms. The number of fused-ring (bicyclic) bond motifs is 1. The highest BCUT2D eigenvalue weighted by atomic mass is 16.2. The van der Waals surface area contributed by atoms with Gasteiger partial charge < -0.3 is 10.4 Å². The fraction of sp³-hybridized carbons (Fsp3) is 0.150. The smallest absolute Gasteiger partial charge is 0.245 e. The first kappa shape index (κ1) is 16.2. The van der Waals surface area contributed by atoms with Crippen molar-refractivity contribution < 1.29 is 5.11 Å². The average molecular weight is 345 g/mol. The Morgan fingerprint density at radius 1 is 1.08 bits per heavy atom. The Hall–Kier alpha value is -3.25. The van der Waals surface area contributed by atoms with Crippen LogP contribution in [0.5, 0.6) is 0 Å². The first-order valence-electron chi connectivity index (χ1n) is 8.49. The van der Waals surface area contributed by atoms with E-state index in [4.69, 9.17) is 5.11 Å².